The number of hydrogen-bond donors (Lipinski definition) is 0. The fraction of sp³-hybridized carbons (Fsp3) is 0.125. The van der Waals surface area contributed by atoms with Crippen LogP contribution < -0.4 is 5.56 Å². The van der Waals surface area contributed by atoms with Gasteiger partial charge in [0, 0.05) is 5.39 Å². The lowest BCUT2D eigenvalue weighted by molar-refractivity contribution is -0.160. The third kappa shape index (κ3) is 2.47. The highest BCUT2D eigenvalue weighted by molar-refractivity contribution is 5.80. The van der Waals surface area contributed by atoms with E-state index in [4.69, 9.17) is 0 Å². The first-order chi connectivity index (χ1) is 10.5. The molecule has 0 fully saturated rings. The molecule has 0 saturated heterocycles. The molecule has 0 aliphatic carbocycles. The molecule has 0 aliphatic heterocycles. The summed E-state index contributed by atoms with van der Waals surface area (Å²) in [5.74, 6) is 0. The van der Waals surface area contributed by atoms with Gasteiger partial charge in [-0.05, 0) is 11.6 Å². The molecule has 3 nitrogen and oxygen atoms in total. The maximum absolute atomic E-state index is 13.5. The second-order valence-electron chi connectivity index (χ2n) is 4.84. The van der Waals surface area contributed by atoms with Crippen molar-refractivity contribution >= 4 is 10.8 Å². The topological polar surface area (TPSA) is 34.9 Å². The number of fused-ring (bicyclic) bond motifs is 1. The Morgan fingerprint density at radius 3 is 2.27 bits per heavy atom. The maximum Gasteiger partial charge on any atom is 0.415 e. The molecule has 2 aromatic carbocycles. The lowest BCUT2D eigenvalue weighted by atomic mass is 10.1. The summed E-state index contributed by atoms with van der Waals surface area (Å²) < 4.78 is 40.9. The van der Waals surface area contributed by atoms with Crippen molar-refractivity contribution in [2.75, 3.05) is 0 Å². The van der Waals surface area contributed by atoms with Crippen LogP contribution in [0.1, 0.15) is 11.6 Å². The Hall–Kier alpha value is -2.63. The van der Waals surface area contributed by atoms with Gasteiger partial charge >= 0.3 is 6.18 Å². The van der Waals surface area contributed by atoms with E-state index >= 15 is 0 Å². The van der Waals surface area contributed by atoms with Crippen molar-refractivity contribution in [3.05, 3.63) is 76.7 Å². The van der Waals surface area contributed by atoms with E-state index in [0.29, 0.717) is 10.1 Å². The minimum Gasteiger partial charge on any atom is -0.267 e. The molecular formula is C16H11F3N2O. The summed E-state index contributed by atoms with van der Waals surface area (Å²) in [5, 5.41) is 4.46. The first-order valence-corrected chi connectivity index (χ1v) is 6.57. The maximum atomic E-state index is 13.5. The number of nitrogens with zero attached hydrogens (tertiary/aromatic N) is 2. The number of halogens is 3. The van der Waals surface area contributed by atoms with Crippen LogP contribution in [0.15, 0.2) is 65.6 Å². The molecule has 1 heterocycles. The minimum atomic E-state index is -4.62. The molecule has 1 unspecified atom stereocenters. The number of alkyl halides is 3. The second kappa shape index (κ2) is 5.29. The number of benzene rings is 2. The third-order valence-electron chi connectivity index (χ3n) is 3.39. The number of aromatic nitrogens is 2. The zero-order valence-corrected chi connectivity index (χ0v) is 11.3. The molecule has 0 amide bonds. The smallest absolute Gasteiger partial charge is 0.267 e. The molecule has 1 atom stereocenters. The van der Waals surface area contributed by atoms with Gasteiger partial charge in [-0.15, -0.1) is 0 Å². The van der Waals surface area contributed by atoms with E-state index in [0.717, 1.165) is 0 Å². The highest BCUT2D eigenvalue weighted by Crippen LogP contribution is 2.34. The third-order valence-corrected chi connectivity index (χ3v) is 3.39. The summed E-state index contributed by atoms with van der Waals surface area (Å²) in [7, 11) is 0. The van der Waals surface area contributed by atoms with Crippen LogP contribution in [-0.2, 0) is 0 Å². The molecule has 1 aromatic heterocycles. The van der Waals surface area contributed by atoms with Gasteiger partial charge < -0.3 is 0 Å². The summed E-state index contributed by atoms with van der Waals surface area (Å²) in [6, 6.07) is 11.6. The van der Waals surface area contributed by atoms with Gasteiger partial charge in [0.15, 0.2) is 6.04 Å². The molecule has 3 rings (SSSR count). The lowest BCUT2D eigenvalue weighted by Crippen LogP contribution is -2.36. The van der Waals surface area contributed by atoms with E-state index in [-0.39, 0.29) is 10.9 Å². The molecule has 0 bridgehead atoms. The van der Waals surface area contributed by atoms with Gasteiger partial charge in [0.25, 0.3) is 5.56 Å². The normalized spacial score (nSPS) is 13.2. The largest absolute Gasteiger partial charge is 0.415 e. The summed E-state index contributed by atoms with van der Waals surface area (Å²) in [6.45, 7) is 0. The average Bonchev–Trinajstić information content (AvgIpc) is 2.50. The molecule has 22 heavy (non-hydrogen) atoms. The van der Waals surface area contributed by atoms with E-state index < -0.39 is 17.8 Å². The van der Waals surface area contributed by atoms with E-state index in [1.165, 1.54) is 36.5 Å². The van der Waals surface area contributed by atoms with Gasteiger partial charge in [0.1, 0.15) is 0 Å². The molecule has 0 aliphatic rings. The summed E-state index contributed by atoms with van der Waals surface area (Å²) in [5.41, 5.74) is -0.788. The van der Waals surface area contributed by atoms with Crippen LogP contribution in [0.2, 0.25) is 0 Å². The van der Waals surface area contributed by atoms with Crippen LogP contribution in [0.3, 0.4) is 0 Å². The molecule has 6 heteroatoms. The van der Waals surface area contributed by atoms with E-state index in [2.05, 4.69) is 5.10 Å². The quantitative estimate of drug-likeness (QED) is 0.725. The summed E-state index contributed by atoms with van der Waals surface area (Å²) in [6.07, 6.45) is -3.35. The molecule has 0 radical (unpaired) electrons. The molecular weight excluding hydrogens is 293 g/mol. The van der Waals surface area contributed by atoms with Gasteiger partial charge in [-0.2, -0.15) is 18.3 Å². The molecule has 112 valence electrons. The van der Waals surface area contributed by atoms with Crippen molar-refractivity contribution in [3.63, 3.8) is 0 Å². The van der Waals surface area contributed by atoms with Gasteiger partial charge in [-0.25, -0.2) is 4.68 Å². The van der Waals surface area contributed by atoms with Crippen LogP contribution in [-0.4, -0.2) is 16.0 Å². The summed E-state index contributed by atoms with van der Waals surface area (Å²) >= 11 is 0. The van der Waals surface area contributed by atoms with Crippen molar-refractivity contribution < 1.29 is 13.2 Å². The van der Waals surface area contributed by atoms with Gasteiger partial charge in [0.2, 0.25) is 0 Å². The fourth-order valence-electron chi connectivity index (χ4n) is 2.39. The minimum absolute atomic E-state index is 0.0279. The molecule has 0 saturated carbocycles. The predicted molar refractivity (Wildman–Crippen MR) is 76.6 cm³/mol. The Kier molecular flexibility index (Phi) is 3.44. The summed E-state index contributed by atoms with van der Waals surface area (Å²) in [4.78, 5) is 12.4. The highest BCUT2D eigenvalue weighted by Gasteiger charge is 2.43. The van der Waals surface area contributed by atoms with Crippen LogP contribution in [0.25, 0.3) is 10.8 Å². The standard InChI is InChI=1S/C16H11F3N2O/c17-16(18,19)14(11-6-2-1-3-7-11)21-15(22)13-9-5-4-8-12(13)10-20-21/h1-10,14H. The van der Waals surface area contributed by atoms with Crippen LogP contribution in [0.4, 0.5) is 13.2 Å². The first-order valence-electron chi connectivity index (χ1n) is 6.57. The van der Waals surface area contributed by atoms with Crippen molar-refractivity contribution in [3.8, 4) is 0 Å². The Morgan fingerprint density at radius 1 is 0.955 bits per heavy atom. The Labute approximate surface area is 123 Å². The van der Waals surface area contributed by atoms with Crippen molar-refractivity contribution in [1.82, 2.24) is 9.78 Å². The monoisotopic (exact) mass is 304 g/mol. The Bertz CT molecular complexity index is 856. The second-order valence-corrected chi connectivity index (χ2v) is 4.84. The number of hydrogen-bond acceptors (Lipinski definition) is 2. The zero-order chi connectivity index (χ0) is 15.7. The van der Waals surface area contributed by atoms with Crippen LogP contribution >= 0.6 is 0 Å². The van der Waals surface area contributed by atoms with Gasteiger partial charge in [-0.3, -0.25) is 4.79 Å². The predicted octanol–water partition coefficient (Wildman–Crippen LogP) is 3.55. The average molecular weight is 304 g/mol. The molecule has 0 N–H and O–H groups in total. The number of rotatable bonds is 2. The van der Waals surface area contributed by atoms with Crippen LogP contribution in [0, 0.1) is 0 Å². The first kappa shape index (κ1) is 14.3. The van der Waals surface area contributed by atoms with E-state index in [1.54, 1.807) is 24.3 Å². The SMILES string of the molecule is O=c1c2ccccc2cnn1C(c1ccccc1)C(F)(F)F. The Balaban J connectivity index is 2.26. The molecule has 3 aromatic rings. The zero-order valence-electron chi connectivity index (χ0n) is 11.3. The van der Waals surface area contributed by atoms with Crippen molar-refractivity contribution in [1.29, 1.82) is 0 Å². The van der Waals surface area contributed by atoms with Gasteiger partial charge in [0.05, 0.1) is 11.6 Å². The molecule has 0 spiro atoms. The van der Waals surface area contributed by atoms with Crippen molar-refractivity contribution in [2.45, 2.75) is 12.2 Å². The van der Waals surface area contributed by atoms with E-state index in [1.807, 2.05) is 0 Å². The fourth-order valence-corrected chi connectivity index (χ4v) is 2.39. The van der Waals surface area contributed by atoms with Crippen LogP contribution in [0.5, 0.6) is 0 Å². The van der Waals surface area contributed by atoms with E-state index in [9.17, 15) is 18.0 Å². The Morgan fingerprint density at radius 2 is 1.59 bits per heavy atom. The van der Waals surface area contributed by atoms with Crippen molar-refractivity contribution in [2.24, 2.45) is 0 Å². The lowest BCUT2D eigenvalue weighted by Gasteiger charge is -2.22. The highest BCUT2D eigenvalue weighted by atomic mass is 19.4. The van der Waals surface area contributed by atoms with Gasteiger partial charge in [-0.1, -0.05) is 48.5 Å².